The van der Waals surface area contributed by atoms with Crippen LogP contribution in [0.25, 0.3) is 0 Å². The number of carbonyl (C=O) groups excluding carboxylic acids is 2. The standard InChI is InChI=1S/C27H37N3O3/c1-26(2,3)19-14-20(27(4,5)6)23(33-9)15-22(19)29-25(32)18(16-30(7)8)24(31)17-12-10-11-13-21(17)28/h10-16H,28H2,1-9H3,(H,29,32)/b18-16-. The molecule has 0 saturated heterocycles. The maximum absolute atomic E-state index is 13.4. The van der Waals surface area contributed by atoms with Gasteiger partial charge in [0.05, 0.1) is 7.11 Å². The second-order valence-corrected chi connectivity index (χ2v) is 10.5. The summed E-state index contributed by atoms with van der Waals surface area (Å²) in [6.07, 6.45) is 1.52. The minimum absolute atomic E-state index is 0.00313. The fraction of sp³-hybridized carbons (Fsp3) is 0.407. The van der Waals surface area contributed by atoms with E-state index in [4.69, 9.17) is 10.5 Å². The van der Waals surface area contributed by atoms with Crippen LogP contribution in [0.2, 0.25) is 0 Å². The molecule has 0 unspecified atom stereocenters. The van der Waals surface area contributed by atoms with Crippen molar-refractivity contribution >= 4 is 23.1 Å². The summed E-state index contributed by atoms with van der Waals surface area (Å²) in [5.74, 6) is -0.259. The molecule has 0 saturated carbocycles. The van der Waals surface area contributed by atoms with Crippen molar-refractivity contribution in [3.05, 3.63) is 64.9 Å². The predicted octanol–water partition coefficient (Wildman–Crippen LogP) is 5.14. The van der Waals surface area contributed by atoms with Gasteiger partial charge in [-0.15, -0.1) is 0 Å². The van der Waals surface area contributed by atoms with Crippen molar-refractivity contribution in [2.24, 2.45) is 0 Å². The number of benzene rings is 2. The molecule has 0 aromatic heterocycles. The Morgan fingerprint density at radius 2 is 1.55 bits per heavy atom. The van der Waals surface area contributed by atoms with E-state index in [-0.39, 0.29) is 22.0 Å². The summed E-state index contributed by atoms with van der Waals surface area (Å²) >= 11 is 0. The number of nitrogens with two attached hydrogens (primary N) is 1. The van der Waals surface area contributed by atoms with Gasteiger partial charge in [0, 0.05) is 43.3 Å². The largest absolute Gasteiger partial charge is 0.496 e. The van der Waals surface area contributed by atoms with Crippen molar-refractivity contribution in [2.75, 3.05) is 32.3 Å². The SMILES string of the molecule is COc1cc(NC(=O)/C(=C\N(C)C)C(=O)c2ccccc2N)c(C(C)(C)C)cc1C(C)(C)C. The number of hydrogen-bond acceptors (Lipinski definition) is 5. The number of nitrogens with zero attached hydrogens (tertiary/aromatic N) is 1. The number of nitrogens with one attached hydrogen (secondary N) is 1. The summed E-state index contributed by atoms with van der Waals surface area (Å²) in [7, 11) is 5.14. The van der Waals surface area contributed by atoms with E-state index in [1.807, 2.05) is 6.07 Å². The van der Waals surface area contributed by atoms with Gasteiger partial charge in [0.1, 0.15) is 11.3 Å². The number of nitrogen functional groups attached to an aromatic ring is 1. The third kappa shape index (κ3) is 6.15. The fourth-order valence-electron chi connectivity index (χ4n) is 3.58. The molecule has 0 aliphatic heterocycles. The Hall–Kier alpha value is -3.28. The van der Waals surface area contributed by atoms with Crippen LogP contribution in [0.15, 0.2) is 48.2 Å². The molecule has 0 aliphatic carbocycles. The van der Waals surface area contributed by atoms with E-state index in [1.54, 1.807) is 50.4 Å². The zero-order chi connectivity index (χ0) is 25.1. The van der Waals surface area contributed by atoms with Crippen molar-refractivity contribution in [3.63, 3.8) is 0 Å². The van der Waals surface area contributed by atoms with Crippen LogP contribution >= 0.6 is 0 Å². The number of rotatable bonds is 6. The minimum Gasteiger partial charge on any atom is -0.496 e. The smallest absolute Gasteiger partial charge is 0.261 e. The highest BCUT2D eigenvalue weighted by atomic mass is 16.5. The van der Waals surface area contributed by atoms with Gasteiger partial charge < -0.3 is 20.7 Å². The Kier molecular flexibility index (Phi) is 7.63. The average molecular weight is 452 g/mol. The molecule has 2 aromatic carbocycles. The first-order valence-electron chi connectivity index (χ1n) is 11.0. The predicted molar refractivity (Wildman–Crippen MR) is 136 cm³/mol. The van der Waals surface area contributed by atoms with Gasteiger partial charge in [-0.05, 0) is 40.2 Å². The Morgan fingerprint density at radius 1 is 0.970 bits per heavy atom. The van der Waals surface area contributed by atoms with Crippen molar-refractivity contribution in [1.29, 1.82) is 0 Å². The molecule has 178 valence electrons. The maximum Gasteiger partial charge on any atom is 0.261 e. The number of ether oxygens (including phenoxy) is 1. The van der Waals surface area contributed by atoms with Crippen LogP contribution in [0.4, 0.5) is 11.4 Å². The van der Waals surface area contributed by atoms with Gasteiger partial charge in [-0.3, -0.25) is 9.59 Å². The highest BCUT2D eigenvalue weighted by Crippen LogP contribution is 2.40. The Balaban J connectivity index is 2.60. The molecule has 0 fully saturated rings. The summed E-state index contributed by atoms with van der Waals surface area (Å²) in [6, 6.07) is 10.7. The topological polar surface area (TPSA) is 84.7 Å². The summed E-state index contributed by atoms with van der Waals surface area (Å²) in [4.78, 5) is 28.4. The molecule has 6 nitrogen and oxygen atoms in total. The lowest BCUT2D eigenvalue weighted by atomic mass is 9.79. The van der Waals surface area contributed by atoms with Gasteiger partial charge in [-0.1, -0.05) is 53.7 Å². The number of methoxy groups -OCH3 is 1. The second-order valence-electron chi connectivity index (χ2n) is 10.5. The Morgan fingerprint density at radius 3 is 2.03 bits per heavy atom. The molecule has 0 radical (unpaired) electrons. The average Bonchev–Trinajstić information content (AvgIpc) is 2.69. The summed E-state index contributed by atoms with van der Waals surface area (Å²) in [5, 5.41) is 2.97. The third-order valence-electron chi connectivity index (χ3n) is 5.29. The van der Waals surface area contributed by atoms with E-state index in [2.05, 4.69) is 52.9 Å². The van der Waals surface area contributed by atoms with Gasteiger partial charge in [0.15, 0.2) is 0 Å². The van der Waals surface area contributed by atoms with Crippen LogP contribution in [0, 0.1) is 0 Å². The van der Waals surface area contributed by atoms with Crippen LogP contribution in [-0.2, 0) is 15.6 Å². The molecular weight excluding hydrogens is 414 g/mol. The zero-order valence-electron chi connectivity index (χ0n) is 21.3. The highest BCUT2D eigenvalue weighted by molar-refractivity contribution is 6.29. The molecule has 0 spiro atoms. The van der Waals surface area contributed by atoms with E-state index in [0.29, 0.717) is 17.1 Å². The number of ketones is 1. The highest BCUT2D eigenvalue weighted by Gasteiger charge is 2.28. The van der Waals surface area contributed by atoms with Crippen LogP contribution in [0.1, 0.15) is 63.0 Å². The summed E-state index contributed by atoms with van der Waals surface area (Å²) in [6.45, 7) is 12.6. The normalized spacial score (nSPS) is 12.3. The van der Waals surface area contributed by atoms with Crippen molar-refractivity contribution < 1.29 is 14.3 Å². The number of carbonyl (C=O) groups is 2. The van der Waals surface area contributed by atoms with Gasteiger partial charge in [0.2, 0.25) is 5.78 Å². The summed E-state index contributed by atoms with van der Waals surface area (Å²) < 4.78 is 5.66. The van der Waals surface area contributed by atoms with E-state index < -0.39 is 11.7 Å². The monoisotopic (exact) mass is 451 g/mol. The van der Waals surface area contributed by atoms with Crippen LogP contribution < -0.4 is 15.8 Å². The lowest BCUT2D eigenvalue weighted by Crippen LogP contribution is -2.26. The molecule has 0 heterocycles. The number of Topliss-reactive ketones (excluding diaryl/α,β-unsaturated/α-hetero) is 1. The molecule has 0 bridgehead atoms. The lowest BCUT2D eigenvalue weighted by Gasteiger charge is -2.29. The van der Waals surface area contributed by atoms with Crippen molar-refractivity contribution in [3.8, 4) is 5.75 Å². The molecular formula is C27H37N3O3. The van der Waals surface area contributed by atoms with Crippen molar-refractivity contribution in [1.82, 2.24) is 4.90 Å². The molecule has 2 rings (SSSR count). The third-order valence-corrected chi connectivity index (χ3v) is 5.29. The lowest BCUT2D eigenvalue weighted by molar-refractivity contribution is -0.112. The maximum atomic E-state index is 13.4. The second kappa shape index (κ2) is 9.69. The molecule has 3 N–H and O–H groups in total. The minimum atomic E-state index is -0.506. The number of anilines is 2. The van der Waals surface area contributed by atoms with Gasteiger partial charge in [0.25, 0.3) is 5.91 Å². The molecule has 2 aromatic rings. The van der Waals surface area contributed by atoms with E-state index in [1.165, 1.54) is 6.20 Å². The first kappa shape index (κ1) is 26.0. The van der Waals surface area contributed by atoms with E-state index in [0.717, 1.165) is 11.1 Å². The Labute approximate surface area is 197 Å². The first-order valence-corrected chi connectivity index (χ1v) is 11.0. The van der Waals surface area contributed by atoms with Gasteiger partial charge >= 0.3 is 0 Å². The molecule has 33 heavy (non-hydrogen) atoms. The number of amides is 1. The molecule has 0 atom stereocenters. The number of hydrogen-bond donors (Lipinski definition) is 2. The molecule has 0 aliphatic rings. The quantitative estimate of drug-likeness (QED) is 0.209. The van der Waals surface area contributed by atoms with Crippen LogP contribution in [0.3, 0.4) is 0 Å². The van der Waals surface area contributed by atoms with E-state index in [9.17, 15) is 9.59 Å². The fourth-order valence-corrected chi connectivity index (χ4v) is 3.58. The summed E-state index contributed by atoms with van der Waals surface area (Å²) in [5.41, 5.74) is 8.83. The molecule has 6 heteroatoms. The molecule has 1 amide bonds. The van der Waals surface area contributed by atoms with Gasteiger partial charge in [-0.25, -0.2) is 0 Å². The van der Waals surface area contributed by atoms with Crippen LogP contribution in [0.5, 0.6) is 5.75 Å². The zero-order valence-corrected chi connectivity index (χ0v) is 21.3. The first-order chi connectivity index (χ1) is 15.2. The number of para-hydroxylation sites is 1. The van der Waals surface area contributed by atoms with Gasteiger partial charge in [-0.2, -0.15) is 0 Å². The Bertz CT molecular complexity index is 1070. The van der Waals surface area contributed by atoms with Crippen LogP contribution in [-0.4, -0.2) is 37.8 Å². The van der Waals surface area contributed by atoms with E-state index >= 15 is 0 Å². The van der Waals surface area contributed by atoms with Crippen molar-refractivity contribution in [2.45, 2.75) is 52.4 Å².